The minimum atomic E-state index is -0.0324. The van der Waals surface area contributed by atoms with Gasteiger partial charge in [0, 0.05) is 37.5 Å². The van der Waals surface area contributed by atoms with Crippen LogP contribution in [0.5, 0.6) is 0 Å². The molecule has 0 aliphatic rings. The lowest BCUT2D eigenvalue weighted by atomic mass is 10.1. The number of nitrogens with zero attached hydrogens (tertiary/aromatic N) is 3. The smallest absolute Gasteiger partial charge is 0.251 e. The molecule has 5 nitrogen and oxygen atoms in total. The van der Waals surface area contributed by atoms with Crippen molar-refractivity contribution in [1.29, 1.82) is 0 Å². The maximum atomic E-state index is 12.3. The molecule has 0 radical (unpaired) electrons. The van der Waals surface area contributed by atoms with Crippen LogP contribution in [0.3, 0.4) is 0 Å². The second-order valence-electron chi connectivity index (χ2n) is 7.18. The highest BCUT2D eigenvalue weighted by Crippen LogP contribution is 2.24. The molecule has 0 bridgehead atoms. The van der Waals surface area contributed by atoms with E-state index in [1.54, 1.807) is 6.07 Å². The van der Waals surface area contributed by atoms with Crippen LogP contribution in [0, 0.1) is 5.92 Å². The van der Waals surface area contributed by atoms with Gasteiger partial charge in [0.15, 0.2) is 5.16 Å². The van der Waals surface area contributed by atoms with E-state index in [4.69, 9.17) is 11.6 Å². The summed E-state index contributed by atoms with van der Waals surface area (Å²) in [6, 6.07) is 9.46. The summed E-state index contributed by atoms with van der Waals surface area (Å²) >= 11 is 7.68. The minimum absolute atomic E-state index is 0.0324. The number of hydrogen-bond donors (Lipinski definition) is 1. The fourth-order valence-corrected chi connectivity index (χ4v) is 3.65. The van der Waals surface area contributed by atoms with Crippen molar-refractivity contribution in [3.8, 4) is 0 Å². The van der Waals surface area contributed by atoms with Gasteiger partial charge in [-0.1, -0.05) is 56.3 Å². The number of hydrogen-bond acceptors (Lipinski definition) is 5. The fourth-order valence-electron chi connectivity index (χ4n) is 2.62. The molecule has 0 fully saturated rings. The summed E-state index contributed by atoms with van der Waals surface area (Å²) in [5, 5.41) is 4.05. The Balaban J connectivity index is 2.00. The number of thioether (sulfide) groups is 1. The van der Waals surface area contributed by atoms with Gasteiger partial charge in [-0.3, -0.25) is 4.79 Å². The molecule has 0 spiro atoms. The van der Waals surface area contributed by atoms with Crippen molar-refractivity contribution in [2.75, 3.05) is 25.0 Å². The van der Waals surface area contributed by atoms with E-state index in [-0.39, 0.29) is 5.91 Å². The van der Waals surface area contributed by atoms with E-state index in [9.17, 15) is 4.79 Å². The van der Waals surface area contributed by atoms with Crippen molar-refractivity contribution in [2.24, 2.45) is 5.92 Å². The Labute approximate surface area is 177 Å². The van der Waals surface area contributed by atoms with Crippen molar-refractivity contribution in [1.82, 2.24) is 15.3 Å². The van der Waals surface area contributed by atoms with Crippen LogP contribution in [0.25, 0.3) is 0 Å². The predicted octanol–water partition coefficient (Wildman–Crippen LogP) is 5.04. The van der Waals surface area contributed by atoms with Gasteiger partial charge in [0.05, 0.1) is 0 Å². The average Bonchev–Trinajstić information content (AvgIpc) is 2.66. The van der Waals surface area contributed by atoms with Crippen molar-refractivity contribution in [3.63, 3.8) is 0 Å². The van der Waals surface area contributed by atoms with Gasteiger partial charge < -0.3 is 10.2 Å². The fraction of sp³-hybridized carbons (Fsp3) is 0.476. The van der Waals surface area contributed by atoms with Crippen LogP contribution < -0.4 is 10.2 Å². The van der Waals surface area contributed by atoms with Gasteiger partial charge in [-0.25, -0.2) is 9.97 Å². The number of carbonyl (C=O) groups excluding carboxylic acids is 1. The van der Waals surface area contributed by atoms with Gasteiger partial charge in [-0.05, 0) is 36.5 Å². The molecular weight excluding hydrogens is 392 g/mol. The molecular formula is C21H29ClN4OS. The molecule has 0 saturated heterocycles. The Morgan fingerprint density at radius 2 is 2.07 bits per heavy atom. The molecule has 1 N–H and O–H groups in total. The SMILES string of the molecule is CCCN(C)c1cc(Cl)nc(SCc2cccc(C(=O)NCCC(C)C)c2)n1. The van der Waals surface area contributed by atoms with Crippen LogP contribution in [0.1, 0.15) is 49.5 Å². The zero-order valence-electron chi connectivity index (χ0n) is 17.0. The highest BCUT2D eigenvalue weighted by Gasteiger charge is 2.10. The summed E-state index contributed by atoms with van der Waals surface area (Å²) in [6.45, 7) is 8.02. The van der Waals surface area contributed by atoms with E-state index < -0.39 is 0 Å². The first-order valence-electron chi connectivity index (χ1n) is 9.64. The summed E-state index contributed by atoms with van der Waals surface area (Å²) in [5.74, 6) is 2.03. The molecule has 1 heterocycles. The van der Waals surface area contributed by atoms with E-state index in [0.717, 1.165) is 30.8 Å². The predicted molar refractivity (Wildman–Crippen MR) is 118 cm³/mol. The summed E-state index contributed by atoms with van der Waals surface area (Å²) in [5.41, 5.74) is 1.73. The highest BCUT2D eigenvalue weighted by atomic mass is 35.5. The lowest BCUT2D eigenvalue weighted by Gasteiger charge is -2.17. The van der Waals surface area contributed by atoms with Crippen LogP contribution >= 0.6 is 23.4 Å². The zero-order valence-corrected chi connectivity index (χ0v) is 18.6. The first kappa shape index (κ1) is 22.5. The monoisotopic (exact) mass is 420 g/mol. The maximum absolute atomic E-state index is 12.3. The molecule has 0 unspecified atom stereocenters. The van der Waals surface area contributed by atoms with Crippen LogP contribution in [0.2, 0.25) is 5.15 Å². The van der Waals surface area contributed by atoms with Gasteiger partial charge in [0.25, 0.3) is 5.91 Å². The Hall–Kier alpha value is -1.79. The largest absolute Gasteiger partial charge is 0.360 e. The Morgan fingerprint density at radius 1 is 1.29 bits per heavy atom. The van der Waals surface area contributed by atoms with Crippen molar-refractivity contribution >= 4 is 35.1 Å². The van der Waals surface area contributed by atoms with Gasteiger partial charge in [0.1, 0.15) is 11.0 Å². The number of aromatic nitrogens is 2. The quantitative estimate of drug-likeness (QED) is 0.331. The van der Waals surface area contributed by atoms with Gasteiger partial charge in [-0.2, -0.15) is 0 Å². The topological polar surface area (TPSA) is 58.1 Å². The molecule has 2 rings (SSSR count). The van der Waals surface area contributed by atoms with E-state index in [0.29, 0.717) is 34.1 Å². The number of benzene rings is 1. The molecule has 152 valence electrons. The third kappa shape index (κ3) is 7.32. The normalized spacial score (nSPS) is 10.9. The third-order valence-corrected chi connectivity index (χ3v) is 5.29. The van der Waals surface area contributed by atoms with Gasteiger partial charge in [0.2, 0.25) is 0 Å². The minimum Gasteiger partial charge on any atom is -0.360 e. The first-order valence-corrected chi connectivity index (χ1v) is 11.0. The lowest BCUT2D eigenvalue weighted by molar-refractivity contribution is 0.0952. The lowest BCUT2D eigenvalue weighted by Crippen LogP contribution is -2.25. The highest BCUT2D eigenvalue weighted by molar-refractivity contribution is 7.98. The van der Waals surface area contributed by atoms with Crippen molar-refractivity contribution in [3.05, 3.63) is 46.6 Å². The van der Waals surface area contributed by atoms with Gasteiger partial charge in [-0.15, -0.1) is 0 Å². The standard InChI is InChI=1S/C21H29ClN4OS/c1-5-11-26(4)19-13-18(22)24-21(25-19)28-14-16-7-6-8-17(12-16)20(27)23-10-9-15(2)3/h6-8,12-13,15H,5,9-11,14H2,1-4H3,(H,23,27). The number of carbonyl (C=O) groups is 1. The second-order valence-corrected chi connectivity index (χ2v) is 8.51. The van der Waals surface area contributed by atoms with Crippen LogP contribution in [0.15, 0.2) is 35.5 Å². The third-order valence-electron chi connectivity index (χ3n) is 4.18. The molecule has 1 aromatic carbocycles. The van der Waals surface area contributed by atoms with Gasteiger partial charge >= 0.3 is 0 Å². The molecule has 0 aliphatic carbocycles. The first-order chi connectivity index (χ1) is 13.4. The van der Waals surface area contributed by atoms with Crippen LogP contribution in [0.4, 0.5) is 5.82 Å². The number of amides is 1. The second kappa shape index (κ2) is 11.3. The van der Waals surface area contributed by atoms with E-state index in [1.165, 1.54) is 11.8 Å². The summed E-state index contributed by atoms with van der Waals surface area (Å²) in [7, 11) is 2.00. The maximum Gasteiger partial charge on any atom is 0.251 e. The van der Waals surface area contributed by atoms with Crippen molar-refractivity contribution < 1.29 is 4.79 Å². The molecule has 0 saturated carbocycles. The Bertz CT molecular complexity index is 785. The zero-order chi connectivity index (χ0) is 20.5. The molecule has 28 heavy (non-hydrogen) atoms. The van der Waals surface area contributed by atoms with Crippen molar-refractivity contribution in [2.45, 2.75) is 44.5 Å². The Morgan fingerprint density at radius 3 is 2.79 bits per heavy atom. The summed E-state index contributed by atoms with van der Waals surface area (Å²) in [6.07, 6.45) is 2.01. The summed E-state index contributed by atoms with van der Waals surface area (Å²) < 4.78 is 0. The molecule has 0 atom stereocenters. The van der Waals surface area contributed by atoms with Crippen LogP contribution in [-0.2, 0) is 5.75 Å². The number of nitrogens with one attached hydrogen (secondary N) is 1. The van der Waals surface area contributed by atoms with E-state index in [1.807, 2.05) is 31.3 Å². The number of anilines is 1. The number of halogens is 1. The molecule has 1 aromatic heterocycles. The molecule has 0 aliphatic heterocycles. The van der Waals surface area contributed by atoms with Crippen LogP contribution in [-0.4, -0.2) is 36.0 Å². The van der Waals surface area contributed by atoms with E-state index >= 15 is 0 Å². The van der Waals surface area contributed by atoms with E-state index in [2.05, 4.69) is 41.0 Å². The average molecular weight is 421 g/mol. The molecule has 2 aromatic rings. The molecule has 1 amide bonds. The summed E-state index contributed by atoms with van der Waals surface area (Å²) in [4.78, 5) is 23.3. The number of rotatable bonds is 10. The Kier molecular flexibility index (Phi) is 9.06. The molecule has 7 heteroatoms.